The lowest BCUT2D eigenvalue weighted by molar-refractivity contribution is -0.122. The molecule has 0 unspecified atom stereocenters. The normalized spacial score (nSPS) is 16.6. The van der Waals surface area contributed by atoms with Gasteiger partial charge in [0.25, 0.3) is 0 Å². The Kier molecular flexibility index (Phi) is 3.40. The van der Waals surface area contributed by atoms with E-state index in [0.29, 0.717) is 31.7 Å². The molecule has 1 amide bonds. The van der Waals surface area contributed by atoms with Gasteiger partial charge < -0.3 is 15.7 Å². The predicted molar refractivity (Wildman–Crippen MR) is 63.1 cm³/mol. The highest BCUT2D eigenvalue weighted by Gasteiger charge is 2.24. The summed E-state index contributed by atoms with van der Waals surface area (Å²) < 4.78 is 0. The summed E-state index contributed by atoms with van der Waals surface area (Å²) in [7, 11) is 0. The summed E-state index contributed by atoms with van der Waals surface area (Å²) in [6, 6.07) is 0. The number of piperidine rings is 1. The molecule has 2 heterocycles. The van der Waals surface area contributed by atoms with Crippen LogP contribution in [0.4, 0.5) is 5.82 Å². The molecular weight excluding hydrogens is 236 g/mol. The highest BCUT2D eigenvalue weighted by atomic mass is 16.4. The van der Waals surface area contributed by atoms with E-state index in [1.165, 1.54) is 12.4 Å². The van der Waals surface area contributed by atoms with Crippen LogP contribution in [-0.2, 0) is 4.79 Å². The number of primary amides is 1. The SMILES string of the molecule is NC(=O)C1CCN(c2cnc(C(=O)O)cn2)CC1. The molecule has 18 heavy (non-hydrogen) atoms. The number of nitrogens with two attached hydrogens (primary N) is 1. The largest absolute Gasteiger partial charge is 0.476 e. The molecule has 7 nitrogen and oxygen atoms in total. The van der Waals surface area contributed by atoms with Crippen LogP contribution in [0.5, 0.6) is 0 Å². The highest BCUT2D eigenvalue weighted by molar-refractivity contribution is 5.84. The van der Waals surface area contributed by atoms with Crippen molar-refractivity contribution in [2.45, 2.75) is 12.8 Å². The second-order valence-corrected chi connectivity index (χ2v) is 4.23. The smallest absolute Gasteiger partial charge is 0.356 e. The lowest BCUT2D eigenvalue weighted by Gasteiger charge is -2.31. The Labute approximate surface area is 104 Å². The van der Waals surface area contributed by atoms with Crippen LogP contribution >= 0.6 is 0 Å². The molecule has 96 valence electrons. The topological polar surface area (TPSA) is 109 Å². The second-order valence-electron chi connectivity index (χ2n) is 4.23. The summed E-state index contributed by atoms with van der Waals surface area (Å²) in [4.78, 5) is 31.5. The second kappa shape index (κ2) is 4.99. The van der Waals surface area contributed by atoms with Crippen molar-refractivity contribution in [2.75, 3.05) is 18.0 Å². The third-order valence-corrected chi connectivity index (χ3v) is 3.08. The molecule has 0 atom stereocenters. The molecule has 3 N–H and O–H groups in total. The van der Waals surface area contributed by atoms with Crippen LogP contribution in [0.15, 0.2) is 12.4 Å². The van der Waals surface area contributed by atoms with Crippen molar-refractivity contribution in [3.63, 3.8) is 0 Å². The molecular formula is C11H14N4O3. The van der Waals surface area contributed by atoms with Crippen molar-refractivity contribution < 1.29 is 14.7 Å². The third-order valence-electron chi connectivity index (χ3n) is 3.08. The Balaban J connectivity index is 2.01. The van der Waals surface area contributed by atoms with Crippen LogP contribution in [-0.4, -0.2) is 40.0 Å². The monoisotopic (exact) mass is 250 g/mol. The van der Waals surface area contributed by atoms with Crippen molar-refractivity contribution >= 4 is 17.7 Å². The summed E-state index contributed by atoms with van der Waals surface area (Å²) in [5.41, 5.74) is 5.18. The van der Waals surface area contributed by atoms with E-state index in [2.05, 4.69) is 9.97 Å². The van der Waals surface area contributed by atoms with Gasteiger partial charge >= 0.3 is 5.97 Å². The number of carbonyl (C=O) groups is 2. The molecule has 0 aliphatic carbocycles. The summed E-state index contributed by atoms with van der Waals surface area (Å²) in [6.07, 6.45) is 4.06. The van der Waals surface area contributed by atoms with Gasteiger partial charge in [0, 0.05) is 19.0 Å². The summed E-state index contributed by atoms with van der Waals surface area (Å²) >= 11 is 0. The molecule has 0 radical (unpaired) electrons. The van der Waals surface area contributed by atoms with Gasteiger partial charge in [0.2, 0.25) is 5.91 Å². The van der Waals surface area contributed by atoms with Gasteiger partial charge in [0.1, 0.15) is 5.82 Å². The van der Waals surface area contributed by atoms with E-state index < -0.39 is 5.97 Å². The lowest BCUT2D eigenvalue weighted by atomic mass is 9.96. The maximum Gasteiger partial charge on any atom is 0.356 e. The van der Waals surface area contributed by atoms with Crippen LogP contribution in [0.1, 0.15) is 23.3 Å². The van der Waals surface area contributed by atoms with Crippen LogP contribution < -0.4 is 10.6 Å². The first kappa shape index (κ1) is 12.3. The fourth-order valence-corrected chi connectivity index (χ4v) is 1.99. The number of nitrogens with zero attached hydrogens (tertiary/aromatic N) is 3. The molecule has 1 saturated heterocycles. The van der Waals surface area contributed by atoms with Gasteiger partial charge in [-0.3, -0.25) is 4.79 Å². The van der Waals surface area contributed by atoms with Gasteiger partial charge in [0.05, 0.1) is 12.4 Å². The zero-order valence-electron chi connectivity index (χ0n) is 9.74. The van der Waals surface area contributed by atoms with Gasteiger partial charge in [-0.1, -0.05) is 0 Å². The Morgan fingerprint density at radius 2 is 1.94 bits per heavy atom. The molecule has 1 aliphatic rings. The Bertz CT molecular complexity index is 452. The van der Waals surface area contributed by atoms with E-state index in [4.69, 9.17) is 10.8 Å². The number of carboxylic acids is 1. The molecule has 1 aromatic heterocycles. The zero-order chi connectivity index (χ0) is 13.1. The fourth-order valence-electron chi connectivity index (χ4n) is 1.99. The highest BCUT2D eigenvalue weighted by Crippen LogP contribution is 2.20. The first-order valence-electron chi connectivity index (χ1n) is 5.67. The number of rotatable bonds is 3. The van der Waals surface area contributed by atoms with E-state index in [1.54, 1.807) is 0 Å². The molecule has 1 fully saturated rings. The molecule has 1 aromatic rings. The molecule has 0 saturated carbocycles. The summed E-state index contributed by atoms with van der Waals surface area (Å²) in [6.45, 7) is 1.35. The number of anilines is 1. The van der Waals surface area contributed by atoms with Gasteiger partial charge in [-0.15, -0.1) is 0 Å². The van der Waals surface area contributed by atoms with Crippen molar-refractivity contribution in [2.24, 2.45) is 11.7 Å². The van der Waals surface area contributed by atoms with Crippen molar-refractivity contribution in [3.05, 3.63) is 18.1 Å². The quantitative estimate of drug-likeness (QED) is 0.773. The Morgan fingerprint density at radius 1 is 1.28 bits per heavy atom. The van der Waals surface area contributed by atoms with Gasteiger partial charge in [-0.05, 0) is 12.8 Å². The maximum absolute atomic E-state index is 11.0. The number of amides is 1. The fraction of sp³-hybridized carbons (Fsp3) is 0.455. The average molecular weight is 250 g/mol. The number of aromatic nitrogens is 2. The molecule has 1 aliphatic heterocycles. The van der Waals surface area contributed by atoms with Crippen molar-refractivity contribution in [3.8, 4) is 0 Å². The molecule has 0 bridgehead atoms. The first-order chi connectivity index (χ1) is 8.58. The summed E-state index contributed by atoms with van der Waals surface area (Å²) in [5.74, 6) is -0.807. The standard InChI is InChI=1S/C11H14N4O3/c12-10(16)7-1-3-15(4-2-7)9-6-13-8(5-14-9)11(17)18/h5-7H,1-4H2,(H2,12,16)(H,17,18). The minimum absolute atomic E-state index is 0.0764. The third kappa shape index (κ3) is 2.55. The van der Waals surface area contributed by atoms with E-state index in [0.717, 1.165) is 0 Å². The maximum atomic E-state index is 11.0. The Morgan fingerprint density at radius 3 is 2.39 bits per heavy atom. The van der Waals surface area contributed by atoms with Crippen LogP contribution in [0.3, 0.4) is 0 Å². The van der Waals surface area contributed by atoms with Crippen LogP contribution in [0.2, 0.25) is 0 Å². The van der Waals surface area contributed by atoms with Gasteiger partial charge in [-0.2, -0.15) is 0 Å². The number of aromatic carboxylic acids is 1. The molecule has 0 aromatic carbocycles. The van der Waals surface area contributed by atoms with E-state index in [9.17, 15) is 9.59 Å². The Hall–Kier alpha value is -2.18. The van der Waals surface area contributed by atoms with E-state index in [1.807, 2.05) is 4.90 Å². The number of hydrogen-bond acceptors (Lipinski definition) is 5. The number of carbonyl (C=O) groups excluding carboxylic acids is 1. The average Bonchev–Trinajstić information content (AvgIpc) is 2.39. The molecule has 7 heteroatoms. The van der Waals surface area contributed by atoms with Crippen molar-refractivity contribution in [1.29, 1.82) is 0 Å². The first-order valence-corrected chi connectivity index (χ1v) is 5.67. The number of hydrogen-bond donors (Lipinski definition) is 2. The van der Waals surface area contributed by atoms with E-state index in [-0.39, 0.29) is 17.5 Å². The van der Waals surface area contributed by atoms with Crippen LogP contribution in [0.25, 0.3) is 0 Å². The van der Waals surface area contributed by atoms with Gasteiger partial charge in [0.15, 0.2) is 5.69 Å². The van der Waals surface area contributed by atoms with Crippen molar-refractivity contribution in [1.82, 2.24) is 9.97 Å². The van der Waals surface area contributed by atoms with E-state index >= 15 is 0 Å². The number of carboxylic acid groups (broad SMARTS) is 1. The minimum atomic E-state index is -1.10. The lowest BCUT2D eigenvalue weighted by Crippen LogP contribution is -2.39. The van der Waals surface area contributed by atoms with Gasteiger partial charge in [-0.25, -0.2) is 14.8 Å². The molecule has 2 rings (SSSR count). The molecule has 0 spiro atoms. The summed E-state index contributed by atoms with van der Waals surface area (Å²) in [5, 5.41) is 8.71. The zero-order valence-corrected chi connectivity index (χ0v) is 9.74. The predicted octanol–water partition coefficient (Wildman–Crippen LogP) is -0.124. The minimum Gasteiger partial charge on any atom is -0.476 e. The van der Waals surface area contributed by atoms with Crippen LogP contribution in [0, 0.1) is 5.92 Å².